The van der Waals surface area contributed by atoms with E-state index >= 15 is 0 Å². The van der Waals surface area contributed by atoms with Crippen LogP contribution in [0.5, 0.6) is 11.5 Å². The van der Waals surface area contributed by atoms with E-state index in [-0.39, 0.29) is 17.1 Å². The van der Waals surface area contributed by atoms with Gasteiger partial charge in [0.2, 0.25) is 0 Å². The number of ketones is 2. The first-order valence-electron chi connectivity index (χ1n) is 9.54. The Morgan fingerprint density at radius 1 is 0.667 bits per heavy atom. The van der Waals surface area contributed by atoms with Crippen molar-refractivity contribution in [3.8, 4) is 11.5 Å². The van der Waals surface area contributed by atoms with Crippen molar-refractivity contribution < 1.29 is 23.8 Å². The average Bonchev–Trinajstić information content (AvgIpc) is 2.73. The summed E-state index contributed by atoms with van der Waals surface area (Å²) in [6, 6.07) is 7.43. The maximum absolute atomic E-state index is 13.5. The van der Waals surface area contributed by atoms with Gasteiger partial charge in [0.1, 0.15) is 17.3 Å². The largest absolute Gasteiger partial charge is 0.496 e. The second-order valence-corrected chi connectivity index (χ2v) is 7.35. The molecule has 4 rings (SSSR count). The summed E-state index contributed by atoms with van der Waals surface area (Å²) in [5.74, 6) is 0.929. The van der Waals surface area contributed by atoms with Crippen molar-refractivity contribution in [1.82, 2.24) is 0 Å². The monoisotopic (exact) mass is 402 g/mol. The standard InChI is InChI=1S/C25H22O5/c1-13-8-15-6-7-16(24(26)22(15)20(10-13)29-4)17-12-19(28-3)18-9-14(2)11-21(30-5)23(18)25(17)27/h6-12H,1-5H3/b17-16+. The lowest BCUT2D eigenvalue weighted by Crippen LogP contribution is -2.19. The molecule has 0 bridgehead atoms. The van der Waals surface area contributed by atoms with Gasteiger partial charge < -0.3 is 14.2 Å². The van der Waals surface area contributed by atoms with E-state index in [1.165, 1.54) is 14.2 Å². The van der Waals surface area contributed by atoms with Crippen LogP contribution in [0.4, 0.5) is 0 Å². The van der Waals surface area contributed by atoms with Crippen LogP contribution in [0, 0.1) is 13.8 Å². The molecule has 0 aliphatic heterocycles. The van der Waals surface area contributed by atoms with Crippen LogP contribution in [0.15, 0.2) is 47.6 Å². The lowest BCUT2D eigenvalue weighted by Gasteiger charge is -2.23. The summed E-state index contributed by atoms with van der Waals surface area (Å²) >= 11 is 0. The van der Waals surface area contributed by atoms with Crippen molar-refractivity contribution >= 4 is 23.4 Å². The quantitative estimate of drug-likeness (QED) is 0.696. The van der Waals surface area contributed by atoms with Crippen LogP contribution in [0.3, 0.4) is 0 Å². The number of hydrogen-bond acceptors (Lipinski definition) is 5. The van der Waals surface area contributed by atoms with E-state index in [2.05, 4.69) is 0 Å². The maximum atomic E-state index is 13.5. The summed E-state index contributed by atoms with van der Waals surface area (Å²) in [4.78, 5) is 26.9. The van der Waals surface area contributed by atoms with Crippen molar-refractivity contribution in [2.75, 3.05) is 21.3 Å². The Hall–Kier alpha value is -3.60. The lowest BCUT2D eigenvalue weighted by atomic mass is 9.82. The number of benzene rings is 2. The highest BCUT2D eigenvalue weighted by molar-refractivity contribution is 6.26. The highest BCUT2D eigenvalue weighted by atomic mass is 16.5. The molecule has 0 heterocycles. The number of carbonyl (C=O) groups is 2. The summed E-state index contributed by atoms with van der Waals surface area (Å²) in [6.45, 7) is 3.87. The number of carbonyl (C=O) groups excluding carboxylic acids is 2. The van der Waals surface area contributed by atoms with Gasteiger partial charge in [-0.15, -0.1) is 0 Å². The number of ether oxygens (including phenoxy) is 3. The Kier molecular flexibility index (Phi) is 4.82. The molecular formula is C25H22O5. The summed E-state index contributed by atoms with van der Waals surface area (Å²) in [5.41, 5.74) is 4.79. The minimum Gasteiger partial charge on any atom is -0.496 e. The number of aryl methyl sites for hydroxylation is 2. The van der Waals surface area contributed by atoms with Gasteiger partial charge in [0, 0.05) is 16.7 Å². The molecule has 30 heavy (non-hydrogen) atoms. The molecule has 0 aromatic heterocycles. The molecule has 0 spiro atoms. The van der Waals surface area contributed by atoms with Crippen LogP contribution in [0.25, 0.3) is 11.8 Å². The molecule has 152 valence electrons. The van der Waals surface area contributed by atoms with Gasteiger partial charge in [0.05, 0.1) is 32.5 Å². The van der Waals surface area contributed by atoms with Crippen molar-refractivity contribution in [2.24, 2.45) is 0 Å². The van der Waals surface area contributed by atoms with Gasteiger partial charge in [0.25, 0.3) is 0 Å². The number of Topliss-reactive ketones (excluding diaryl/α,β-unsaturated/α-hetero) is 2. The summed E-state index contributed by atoms with van der Waals surface area (Å²) in [5, 5.41) is 0. The van der Waals surface area contributed by atoms with E-state index in [9.17, 15) is 9.59 Å². The van der Waals surface area contributed by atoms with Gasteiger partial charge in [-0.3, -0.25) is 9.59 Å². The molecule has 2 aromatic rings. The molecule has 5 nitrogen and oxygen atoms in total. The zero-order valence-corrected chi connectivity index (χ0v) is 17.6. The fourth-order valence-corrected chi connectivity index (χ4v) is 4.03. The Balaban J connectivity index is 1.96. The molecule has 0 fully saturated rings. The van der Waals surface area contributed by atoms with Gasteiger partial charge in [-0.1, -0.05) is 12.1 Å². The van der Waals surface area contributed by atoms with E-state index in [4.69, 9.17) is 14.2 Å². The Morgan fingerprint density at radius 3 is 1.90 bits per heavy atom. The molecule has 2 aromatic carbocycles. The minimum absolute atomic E-state index is 0.256. The maximum Gasteiger partial charge on any atom is 0.198 e. The van der Waals surface area contributed by atoms with Gasteiger partial charge >= 0.3 is 0 Å². The minimum atomic E-state index is -0.273. The molecule has 2 aliphatic rings. The molecule has 0 atom stereocenters. The molecule has 0 saturated carbocycles. The third-order valence-corrected chi connectivity index (χ3v) is 5.39. The SMILES string of the molecule is COC1=C/C(=C2/C=Cc3cc(C)cc(OC)c3C2=O)C(=O)c2c(OC)cc(C)cc21. The van der Waals surface area contributed by atoms with Crippen LogP contribution in [-0.4, -0.2) is 32.9 Å². The Bertz CT molecular complexity index is 1190. The fourth-order valence-electron chi connectivity index (χ4n) is 4.03. The van der Waals surface area contributed by atoms with Crippen molar-refractivity contribution in [3.05, 3.63) is 80.9 Å². The predicted octanol–water partition coefficient (Wildman–Crippen LogP) is 4.71. The van der Waals surface area contributed by atoms with Crippen LogP contribution < -0.4 is 9.47 Å². The second-order valence-electron chi connectivity index (χ2n) is 7.35. The fraction of sp³-hybridized carbons (Fsp3) is 0.200. The third kappa shape index (κ3) is 2.94. The van der Waals surface area contributed by atoms with Gasteiger partial charge in [-0.2, -0.15) is 0 Å². The first-order valence-corrected chi connectivity index (χ1v) is 9.54. The normalized spacial score (nSPS) is 17.3. The van der Waals surface area contributed by atoms with E-state index in [1.807, 2.05) is 38.1 Å². The molecule has 5 heteroatoms. The van der Waals surface area contributed by atoms with Crippen molar-refractivity contribution in [3.63, 3.8) is 0 Å². The molecular weight excluding hydrogens is 380 g/mol. The van der Waals surface area contributed by atoms with Crippen LogP contribution in [-0.2, 0) is 4.74 Å². The first-order chi connectivity index (χ1) is 14.4. The van der Waals surface area contributed by atoms with Crippen LogP contribution in [0.1, 0.15) is 43.0 Å². The van der Waals surface area contributed by atoms with Gasteiger partial charge in [-0.05, 0) is 60.9 Å². The average molecular weight is 402 g/mol. The number of allylic oxidation sites excluding steroid dienone is 4. The number of rotatable bonds is 3. The van der Waals surface area contributed by atoms with Crippen molar-refractivity contribution in [1.29, 1.82) is 0 Å². The summed E-state index contributed by atoms with van der Waals surface area (Å²) in [7, 11) is 4.60. The smallest absolute Gasteiger partial charge is 0.198 e. The molecule has 0 unspecified atom stereocenters. The van der Waals surface area contributed by atoms with E-state index in [1.54, 1.807) is 25.3 Å². The number of fused-ring (bicyclic) bond motifs is 2. The summed E-state index contributed by atoms with van der Waals surface area (Å²) in [6.07, 6.45) is 5.16. The second kappa shape index (κ2) is 7.34. The molecule has 0 amide bonds. The zero-order chi connectivity index (χ0) is 21.6. The third-order valence-electron chi connectivity index (χ3n) is 5.39. The Morgan fingerprint density at radius 2 is 1.27 bits per heavy atom. The highest BCUT2D eigenvalue weighted by Crippen LogP contribution is 2.40. The zero-order valence-electron chi connectivity index (χ0n) is 17.6. The van der Waals surface area contributed by atoms with Crippen molar-refractivity contribution in [2.45, 2.75) is 13.8 Å². The molecule has 0 radical (unpaired) electrons. The van der Waals surface area contributed by atoms with E-state index < -0.39 is 0 Å². The number of methoxy groups -OCH3 is 3. The number of hydrogen-bond donors (Lipinski definition) is 0. The molecule has 0 saturated heterocycles. The van der Waals surface area contributed by atoms with E-state index in [0.29, 0.717) is 39.5 Å². The van der Waals surface area contributed by atoms with Crippen LogP contribution in [0.2, 0.25) is 0 Å². The topological polar surface area (TPSA) is 61.8 Å². The molecule has 0 N–H and O–H groups in total. The predicted molar refractivity (Wildman–Crippen MR) is 115 cm³/mol. The van der Waals surface area contributed by atoms with Gasteiger partial charge in [0.15, 0.2) is 11.6 Å². The molecule has 2 aliphatic carbocycles. The van der Waals surface area contributed by atoms with Crippen LogP contribution >= 0.6 is 0 Å². The first kappa shape index (κ1) is 19.7. The lowest BCUT2D eigenvalue weighted by molar-refractivity contribution is 0.0999. The summed E-state index contributed by atoms with van der Waals surface area (Å²) < 4.78 is 16.5. The van der Waals surface area contributed by atoms with E-state index in [0.717, 1.165) is 16.7 Å². The highest BCUT2D eigenvalue weighted by Gasteiger charge is 2.33. The Labute approximate surface area is 175 Å². The van der Waals surface area contributed by atoms with Gasteiger partial charge in [-0.25, -0.2) is 0 Å².